The smallest absolute Gasteiger partial charge is 0.371 e. The summed E-state index contributed by atoms with van der Waals surface area (Å²) in [5.41, 5.74) is 0.600. The van der Waals surface area contributed by atoms with E-state index in [0.717, 1.165) is 6.07 Å². The maximum absolute atomic E-state index is 13.6. The molecule has 1 aromatic carbocycles. The molecule has 0 unspecified atom stereocenters. The number of carboxylic acid groups (broad SMARTS) is 1. The molecule has 0 saturated heterocycles. The lowest BCUT2D eigenvalue weighted by Gasteiger charge is -2.07. The second kappa shape index (κ2) is 5.66. The number of aryl methyl sites for hydroxylation is 1. The highest BCUT2D eigenvalue weighted by atomic mass is 32.2. The normalized spacial score (nSPS) is 11.5. The summed E-state index contributed by atoms with van der Waals surface area (Å²) in [5.74, 6) is -2.30. The van der Waals surface area contributed by atoms with Crippen LogP contribution in [0.3, 0.4) is 0 Å². The summed E-state index contributed by atoms with van der Waals surface area (Å²) >= 11 is 0. The van der Waals surface area contributed by atoms with Crippen molar-refractivity contribution in [1.29, 1.82) is 0 Å². The fourth-order valence-electron chi connectivity index (χ4n) is 1.65. The Kier molecular flexibility index (Phi) is 4.10. The zero-order valence-corrected chi connectivity index (χ0v) is 11.8. The largest absolute Gasteiger partial charge is 0.475 e. The summed E-state index contributed by atoms with van der Waals surface area (Å²) in [6.45, 7) is 1.37. The monoisotopic (exact) mass is 313 g/mol. The summed E-state index contributed by atoms with van der Waals surface area (Å²) in [5, 5.41) is 8.69. The number of carboxylic acids is 1. The first-order valence-electron chi connectivity index (χ1n) is 5.87. The molecular formula is C13H12FNO5S. The summed E-state index contributed by atoms with van der Waals surface area (Å²) in [4.78, 5) is 10.2. The standard InChI is InChI=1S/C13H12FNO5S/c1-8-2-4-10(14)12(6-8)21(18,19)15-7-9-3-5-11(20-9)13(16)17/h2-6,15H,7H2,1H3,(H,16,17). The zero-order valence-electron chi connectivity index (χ0n) is 11.0. The van der Waals surface area contributed by atoms with Crippen molar-refractivity contribution in [3.8, 4) is 0 Å². The van der Waals surface area contributed by atoms with E-state index in [9.17, 15) is 17.6 Å². The molecule has 21 heavy (non-hydrogen) atoms. The molecular weight excluding hydrogens is 301 g/mol. The Balaban J connectivity index is 2.17. The van der Waals surface area contributed by atoms with Gasteiger partial charge in [-0.2, -0.15) is 0 Å². The van der Waals surface area contributed by atoms with Crippen LogP contribution >= 0.6 is 0 Å². The number of hydrogen-bond acceptors (Lipinski definition) is 4. The second-order valence-electron chi connectivity index (χ2n) is 4.33. The summed E-state index contributed by atoms with van der Waals surface area (Å²) in [7, 11) is -4.06. The van der Waals surface area contributed by atoms with Gasteiger partial charge >= 0.3 is 5.97 Å². The predicted octanol–water partition coefficient (Wildman–Crippen LogP) is 1.90. The van der Waals surface area contributed by atoms with Crippen LogP contribution in [0.2, 0.25) is 0 Å². The van der Waals surface area contributed by atoms with Crippen molar-refractivity contribution in [3.63, 3.8) is 0 Å². The molecule has 0 spiro atoms. The number of rotatable bonds is 5. The molecule has 0 saturated carbocycles. The van der Waals surface area contributed by atoms with Gasteiger partial charge in [0, 0.05) is 0 Å². The van der Waals surface area contributed by atoms with Gasteiger partial charge in [0.1, 0.15) is 16.5 Å². The first kappa shape index (κ1) is 15.2. The van der Waals surface area contributed by atoms with E-state index in [2.05, 4.69) is 4.72 Å². The minimum absolute atomic E-state index is 0.115. The highest BCUT2D eigenvalue weighted by Gasteiger charge is 2.20. The Morgan fingerprint density at radius 2 is 2.05 bits per heavy atom. The number of carbonyl (C=O) groups is 1. The number of aromatic carboxylic acids is 1. The summed E-state index contributed by atoms with van der Waals surface area (Å²) < 4.78 is 44.7. The van der Waals surface area contributed by atoms with Crippen LogP contribution < -0.4 is 4.72 Å². The van der Waals surface area contributed by atoms with Gasteiger partial charge in [0.2, 0.25) is 15.8 Å². The van der Waals surface area contributed by atoms with Crippen molar-refractivity contribution in [2.45, 2.75) is 18.4 Å². The molecule has 0 aliphatic carbocycles. The van der Waals surface area contributed by atoms with Gasteiger partial charge in [-0.15, -0.1) is 0 Å². The SMILES string of the molecule is Cc1ccc(F)c(S(=O)(=O)NCc2ccc(C(=O)O)o2)c1. The third-order valence-corrected chi connectivity index (χ3v) is 4.10. The van der Waals surface area contributed by atoms with Gasteiger partial charge in [-0.1, -0.05) is 6.07 Å². The van der Waals surface area contributed by atoms with Gasteiger partial charge in [0.25, 0.3) is 0 Å². The molecule has 112 valence electrons. The Morgan fingerprint density at radius 3 is 2.67 bits per heavy atom. The van der Waals surface area contributed by atoms with Crippen LogP contribution in [0.1, 0.15) is 21.9 Å². The minimum Gasteiger partial charge on any atom is -0.475 e. The molecule has 2 N–H and O–H groups in total. The van der Waals surface area contributed by atoms with Crippen LogP contribution in [0.4, 0.5) is 4.39 Å². The van der Waals surface area contributed by atoms with Crippen LogP contribution in [0.25, 0.3) is 0 Å². The van der Waals surface area contributed by atoms with Crippen LogP contribution in [0, 0.1) is 12.7 Å². The summed E-state index contributed by atoms with van der Waals surface area (Å²) in [6.07, 6.45) is 0. The van der Waals surface area contributed by atoms with Crippen molar-refractivity contribution in [1.82, 2.24) is 4.72 Å². The van der Waals surface area contributed by atoms with Gasteiger partial charge in [-0.25, -0.2) is 22.3 Å². The molecule has 1 aromatic heterocycles. The maximum Gasteiger partial charge on any atom is 0.371 e. The molecule has 2 aromatic rings. The van der Waals surface area contributed by atoms with Crippen LogP contribution in [0.5, 0.6) is 0 Å². The minimum atomic E-state index is -4.06. The molecule has 0 aliphatic heterocycles. The third kappa shape index (κ3) is 3.47. The van der Waals surface area contributed by atoms with E-state index in [-0.39, 0.29) is 18.1 Å². The molecule has 0 amide bonds. The van der Waals surface area contributed by atoms with E-state index in [1.807, 2.05) is 0 Å². The molecule has 0 radical (unpaired) electrons. The van der Waals surface area contributed by atoms with Crippen molar-refractivity contribution >= 4 is 16.0 Å². The lowest BCUT2D eigenvalue weighted by molar-refractivity contribution is 0.0660. The first-order chi connectivity index (χ1) is 9.79. The van der Waals surface area contributed by atoms with E-state index in [0.29, 0.717) is 5.56 Å². The zero-order chi connectivity index (χ0) is 15.6. The van der Waals surface area contributed by atoms with Gasteiger partial charge in [-0.3, -0.25) is 0 Å². The van der Waals surface area contributed by atoms with E-state index < -0.39 is 26.7 Å². The topological polar surface area (TPSA) is 96.6 Å². The number of sulfonamides is 1. The molecule has 2 rings (SSSR count). The number of halogens is 1. The van der Waals surface area contributed by atoms with Crippen LogP contribution in [0.15, 0.2) is 39.6 Å². The highest BCUT2D eigenvalue weighted by molar-refractivity contribution is 7.89. The van der Waals surface area contributed by atoms with Crippen LogP contribution in [-0.4, -0.2) is 19.5 Å². The number of hydrogen-bond donors (Lipinski definition) is 2. The molecule has 0 aliphatic rings. The second-order valence-corrected chi connectivity index (χ2v) is 6.06. The van der Waals surface area contributed by atoms with Crippen molar-refractivity contribution in [2.24, 2.45) is 0 Å². The summed E-state index contributed by atoms with van der Waals surface area (Å²) in [6, 6.07) is 6.28. The van der Waals surface area contributed by atoms with Gasteiger partial charge < -0.3 is 9.52 Å². The van der Waals surface area contributed by atoms with E-state index in [4.69, 9.17) is 9.52 Å². The van der Waals surface area contributed by atoms with Gasteiger partial charge in [0.15, 0.2) is 0 Å². The number of nitrogens with one attached hydrogen (secondary N) is 1. The Bertz CT molecular complexity index is 782. The molecule has 0 fully saturated rings. The lowest BCUT2D eigenvalue weighted by atomic mass is 10.2. The van der Waals surface area contributed by atoms with Gasteiger partial charge in [-0.05, 0) is 36.8 Å². The Labute approximate surface area is 120 Å². The van der Waals surface area contributed by atoms with E-state index >= 15 is 0 Å². The van der Waals surface area contributed by atoms with Crippen molar-refractivity contribution < 1.29 is 27.1 Å². The van der Waals surface area contributed by atoms with Crippen molar-refractivity contribution in [2.75, 3.05) is 0 Å². The first-order valence-corrected chi connectivity index (χ1v) is 7.36. The molecule has 0 atom stereocenters. The average Bonchev–Trinajstić information content (AvgIpc) is 2.88. The fourth-order valence-corrected chi connectivity index (χ4v) is 2.80. The maximum atomic E-state index is 13.6. The Morgan fingerprint density at radius 1 is 1.33 bits per heavy atom. The van der Waals surface area contributed by atoms with E-state index in [1.165, 1.54) is 24.3 Å². The average molecular weight is 313 g/mol. The van der Waals surface area contributed by atoms with Crippen molar-refractivity contribution in [3.05, 3.63) is 53.2 Å². The molecule has 1 heterocycles. The quantitative estimate of drug-likeness (QED) is 0.879. The lowest BCUT2D eigenvalue weighted by Crippen LogP contribution is -2.24. The highest BCUT2D eigenvalue weighted by Crippen LogP contribution is 2.16. The number of furan rings is 1. The fraction of sp³-hybridized carbons (Fsp3) is 0.154. The number of benzene rings is 1. The predicted molar refractivity (Wildman–Crippen MR) is 70.8 cm³/mol. The molecule has 0 bridgehead atoms. The van der Waals surface area contributed by atoms with E-state index in [1.54, 1.807) is 6.92 Å². The molecule has 8 heteroatoms. The third-order valence-electron chi connectivity index (χ3n) is 2.69. The molecule has 6 nitrogen and oxygen atoms in total. The van der Waals surface area contributed by atoms with Crippen LogP contribution in [-0.2, 0) is 16.6 Å². The van der Waals surface area contributed by atoms with Gasteiger partial charge in [0.05, 0.1) is 6.54 Å². The Hall–Kier alpha value is -2.19.